The molecule has 0 aliphatic carbocycles. The molecule has 33 heavy (non-hydrogen) atoms. The van der Waals surface area contributed by atoms with Crippen LogP contribution < -0.4 is 10.1 Å². The number of amides is 1. The van der Waals surface area contributed by atoms with E-state index >= 15 is 0 Å². The first-order chi connectivity index (χ1) is 16.1. The fraction of sp³-hybridized carbons (Fsp3) is 0.120. The van der Waals surface area contributed by atoms with Crippen LogP contribution in [0.3, 0.4) is 0 Å². The fourth-order valence-corrected chi connectivity index (χ4v) is 3.74. The summed E-state index contributed by atoms with van der Waals surface area (Å²) in [6.45, 7) is 0.566. The van der Waals surface area contributed by atoms with Gasteiger partial charge >= 0.3 is 0 Å². The van der Waals surface area contributed by atoms with Gasteiger partial charge in [0.05, 0.1) is 48.5 Å². The number of benzene rings is 2. The third-order valence-corrected chi connectivity index (χ3v) is 5.33. The Morgan fingerprint density at radius 2 is 1.91 bits per heavy atom. The van der Waals surface area contributed by atoms with E-state index in [4.69, 9.17) is 9.72 Å². The first-order valence-electron chi connectivity index (χ1n) is 10.4. The minimum absolute atomic E-state index is 0.223. The summed E-state index contributed by atoms with van der Waals surface area (Å²) in [5, 5.41) is 12.4. The highest BCUT2D eigenvalue weighted by Crippen LogP contribution is 2.25. The minimum Gasteiger partial charge on any atom is -0.497 e. The van der Waals surface area contributed by atoms with Crippen molar-refractivity contribution in [3.05, 3.63) is 90.5 Å². The highest BCUT2D eigenvalue weighted by Gasteiger charge is 2.15. The highest BCUT2D eigenvalue weighted by molar-refractivity contribution is 6.13. The van der Waals surface area contributed by atoms with Crippen LogP contribution in [-0.4, -0.2) is 37.6 Å². The van der Waals surface area contributed by atoms with Gasteiger partial charge in [-0.05, 0) is 29.8 Å². The van der Waals surface area contributed by atoms with Crippen molar-refractivity contribution >= 4 is 22.5 Å². The van der Waals surface area contributed by atoms with Crippen molar-refractivity contribution in [2.75, 3.05) is 12.4 Å². The normalized spacial score (nSPS) is 11.0. The quantitative estimate of drug-likeness (QED) is 0.431. The van der Waals surface area contributed by atoms with Crippen LogP contribution in [0.25, 0.3) is 22.2 Å². The zero-order chi connectivity index (χ0) is 22.8. The van der Waals surface area contributed by atoms with E-state index in [1.807, 2.05) is 68.0 Å². The highest BCUT2D eigenvalue weighted by atomic mass is 16.5. The number of rotatable bonds is 6. The van der Waals surface area contributed by atoms with Gasteiger partial charge in [-0.15, -0.1) is 0 Å². The third kappa shape index (κ3) is 4.31. The van der Waals surface area contributed by atoms with Crippen LogP contribution in [0.1, 0.15) is 15.9 Å². The molecule has 5 rings (SSSR count). The largest absolute Gasteiger partial charge is 0.497 e. The molecule has 2 aromatic carbocycles. The zero-order valence-corrected chi connectivity index (χ0v) is 18.3. The number of hydrogen-bond acceptors (Lipinski definition) is 5. The summed E-state index contributed by atoms with van der Waals surface area (Å²) in [7, 11) is 3.49. The molecule has 5 aromatic rings. The van der Waals surface area contributed by atoms with Gasteiger partial charge in [-0.1, -0.05) is 30.3 Å². The number of pyridine rings is 1. The average Bonchev–Trinajstić information content (AvgIpc) is 3.47. The van der Waals surface area contributed by atoms with Gasteiger partial charge < -0.3 is 10.1 Å². The molecule has 0 saturated carbocycles. The molecule has 0 bridgehead atoms. The molecule has 164 valence electrons. The summed E-state index contributed by atoms with van der Waals surface area (Å²) in [5.74, 6) is 0.571. The van der Waals surface area contributed by atoms with E-state index < -0.39 is 0 Å². The van der Waals surface area contributed by atoms with Crippen molar-refractivity contribution in [1.82, 2.24) is 24.5 Å². The van der Waals surface area contributed by atoms with Gasteiger partial charge in [0.25, 0.3) is 5.91 Å². The Kier molecular flexibility index (Phi) is 5.32. The van der Waals surface area contributed by atoms with Crippen LogP contribution in [0.2, 0.25) is 0 Å². The third-order valence-electron chi connectivity index (χ3n) is 5.33. The molecule has 3 aromatic heterocycles. The molecule has 0 saturated heterocycles. The second kappa shape index (κ2) is 8.58. The van der Waals surface area contributed by atoms with E-state index in [0.717, 1.165) is 27.8 Å². The molecular weight excluding hydrogens is 416 g/mol. The van der Waals surface area contributed by atoms with E-state index in [0.29, 0.717) is 23.5 Å². The Balaban J connectivity index is 1.41. The van der Waals surface area contributed by atoms with Crippen molar-refractivity contribution in [3.8, 4) is 17.0 Å². The van der Waals surface area contributed by atoms with Gasteiger partial charge in [-0.25, -0.2) is 4.98 Å². The number of aryl methyl sites for hydroxylation is 1. The lowest BCUT2D eigenvalue weighted by Gasteiger charge is -2.09. The summed E-state index contributed by atoms with van der Waals surface area (Å²) >= 11 is 0. The van der Waals surface area contributed by atoms with E-state index in [-0.39, 0.29) is 5.91 Å². The van der Waals surface area contributed by atoms with Crippen molar-refractivity contribution in [2.24, 2.45) is 7.05 Å². The summed E-state index contributed by atoms with van der Waals surface area (Å²) in [6.07, 6.45) is 7.06. The number of ether oxygens (including phenoxy) is 1. The Morgan fingerprint density at radius 1 is 1.03 bits per heavy atom. The number of nitrogens with one attached hydrogen (secondary N) is 1. The standard InChI is InChI=1S/C25H22N6O2/c1-30-15-18(12-26-30)24-11-22(21-8-3-4-9-23(21)29-24)25(32)28-19-13-27-31(16-19)14-17-6-5-7-20(10-17)33-2/h3-13,15-16H,14H2,1-2H3,(H,28,32). The average molecular weight is 438 g/mol. The maximum atomic E-state index is 13.3. The van der Waals surface area contributed by atoms with Crippen molar-refractivity contribution in [1.29, 1.82) is 0 Å². The molecule has 0 radical (unpaired) electrons. The molecule has 0 unspecified atom stereocenters. The molecule has 8 heteroatoms. The lowest BCUT2D eigenvalue weighted by Crippen LogP contribution is -2.12. The van der Waals surface area contributed by atoms with Gasteiger partial charge in [-0.2, -0.15) is 10.2 Å². The molecule has 0 fully saturated rings. The van der Waals surface area contributed by atoms with Gasteiger partial charge in [0.2, 0.25) is 0 Å². The Labute approximate surface area is 190 Å². The fourth-order valence-electron chi connectivity index (χ4n) is 3.74. The number of fused-ring (bicyclic) bond motifs is 1. The summed E-state index contributed by atoms with van der Waals surface area (Å²) < 4.78 is 8.77. The number of nitrogens with zero attached hydrogens (tertiary/aromatic N) is 5. The van der Waals surface area contributed by atoms with Crippen molar-refractivity contribution in [3.63, 3.8) is 0 Å². The Morgan fingerprint density at radius 3 is 2.73 bits per heavy atom. The number of carbonyl (C=O) groups excluding carboxylic acids is 1. The summed E-state index contributed by atoms with van der Waals surface area (Å²) in [6, 6.07) is 17.2. The lowest BCUT2D eigenvalue weighted by molar-refractivity contribution is 0.102. The molecule has 8 nitrogen and oxygen atoms in total. The smallest absolute Gasteiger partial charge is 0.256 e. The molecule has 0 spiro atoms. The van der Waals surface area contributed by atoms with Crippen LogP contribution in [0, 0.1) is 0 Å². The molecule has 0 aliphatic heterocycles. The van der Waals surface area contributed by atoms with Crippen LogP contribution in [0.15, 0.2) is 79.4 Å². The molecule has 0 atom stereocenters. The maximum Gasteiger partial charge on any atom is 0.256 e. The predicted molar refractivity (Wildman–Crippen MR) is 126 cm³/mol. The number of methoxy groups -OCH3 is 1. The van der Waals surface area contributed by atoms with Gasteiger partial charge in [-0.3, -0.25) is 14.2 Å². The second-order valence-corrected chi connectivity index (χ2v) is 7.71. The van der Waals surface area contributed by atoms with Crippen LogP contribution in [-0.2, 0) is 13.6 Å². The predicted octanol–water partition coefficient (Wildman–Crippen LogP) is 4.14. The van der Waals surface area contributed by atoms with Gasteiger partial charge in [0.1, 0.15) is 5.75 Å². The zero-order valence-electron chi connectivity index (χ0n) is 18.3. The van der Waals surface area contributed by atoms with Gasteiger partial charge in [0, 0.05) is 30.4 Å². The van der Waals surface area contributed by atoms with Crippen LogP contribution >= 0.6 is 0 Å². The maximum absolute atomic E-state index is 13.3. The first kappa shape index (κ1) is 20.4. The number of carbonyl (C=O) groups is 1. The lowest BCUT2D eigenvalue weighted by atomic mass is 10.0. The second-order valence-electron chi connectivity index (χ2n) is 7.71. The molecular formula is C25H22N6O2. The van der Waals surface area contributed by atoms with E-state index in [1.54, 1.807) is 34.9 Å². The van der Waals surface area contributed by atoms with E-state index in [1.165, 1.54) is 0 Å². The van der Waals surface area contributed by atoms with Crippen LogP contribution in [0.4, 0.5) is 5.69 Å². The van der Waals surface area contributed by atoms with Gasteiger partial charge in [0.15, 0.2) is 0 Å². The number of hydrogen-bond donors (Lipinski definition) is 1. The van der Waals surface area contributed by atoms with Crippen molar-refractivity contribution < 1.29 is 9.53 Å². The topological polar surface area (TPSA) is 86.9 Å². The van der Waals surface area contributed by atoms with E-state index in [2.05, 4.69) is 15.5 Å². The van der Waals surface area contributed by atoms with Crippen molar-refractivity contribution in [2.45, 2.75) is 6.54 Å². The molecule has 1 amide bonds. The number of para-hydroxylation sites is 1. The molecule has 1 N–H and O–H groups in total. The minimum atomic E-state index is -0.223. The van der Waals surface area contributed by atoms with Crippen LogP contribution in [0.5, 0.6) is 5.75 Å². The summed E-state index contributed by atoms with van der Waals surface area (Å²) in [4.78, 5) is 18.0. The number of aromatic nitrogens is 5. The SMILES string of the molecule is COc1cccc(Cn2cc(NC(=O)c3cc(-c4cnn(C)c4)nc4ccccc34)cn2)c1. The molecule has 0 aliphatic rings. The Bertz CT molecular complexity index is 1450. The molecule has 3 heterocycles. The monoisotopic (exact) mass is 438 g/mol. The van der Waals surface area contributed by atoms with E-state index in [9.17, 15) is 4.79 Å². The number of anilines is 1. The Hall–Kier alpha value is -4.46. The first-order valence-corrected chi connectivity index (χ1v) is 10.4. The summed E-state index contributed by atoms with van der Waals surface area (Å²) in [5.41, 5.74) is 4.50.